The minimum atomic E-state index is -0.839. The Kier molecular flexibility index (Phi) is 6.50. The van der Waals surface area contributed by atoms with Gasteiger partial charge in [-0.1, -0.05) is 6.07 Å². The largest absolute Gasteiger partial charge is 0.343 e. The van der Waals surface area contributed by atoms with Crippen LogP contribution >= 0.6 is 12.4 Å². The zero-order valence-corrected chi connectivity index (χ0v) is 15.6. The summed E-state index contributed by atoms with van der Waals surface area (Å²) in [5.41, 5.74) is 0.265. The van der Waals surface area contributed by atoms with E-state index in [1.54, 1.807) is 31.2 Å². The van der Waals surface area contributed by atoms with Crippen LogP contribution in [-0.4, -0.2) is 41.2 Å². The van der Waals surface area contributed by atoms with Crippen LogP contribution in [0.25, 0.3) is 0 Å². The van der Waals surface area contributed by atoms with E-state index in [0.717, 1.165) is 17.0 Å². The maximum absolute atomic E-state index is 13.9. The average Bonchev–Trinajstić information content (AvgIpc) is 3.16. The van der Waals surface area contributed by atoms with Gasteiger partial charge in [0.05, 0.1) is 6.20 Å². The molecule has 1 aliphatic heterocycles. The summed E-state index contributed by atoms with van der Waals surface area (Å²) in [6.07, 6.45) is 3.51. The lowest BCUT2D eigenvalue weighted by Crippen LogP contribution is -2.46. The average molecular weight is 400 g/mol. The van der Waals surface area contributed by atoms with E-state index < -0.39 is 35.5 Å². The summed E-state index contributed by atoms with van der Waals surface area (Å²) in [4.78, 5) is 26.1. The van der Waals surface area contributed by atoms with Crippen LogP contribution in [-0.2, 0) is 16.6 Å². The zero-order valence-electron chi connectivity index (χ0n) is 14.8. The van der Waals surface area contributed by atoms with E-state index in [0.29, 0.717) is 5.56 Å². The number of aryl methyl sites for hydroxylation is 1. The van der Waals surface area contributed by atoms with Crippen LogP contribution < -0.4 is 15.5 Å². The van der Waals surface area contributed by atoms with Gasteiger partial charge in [0, 0.05) is 25.4 Å². The molecule has 0 bridgehead atoms. The standard InChI is InChI=1S/C17H19F2N5O2.ClH/c1-20-14(10-8-21-23(2)9-10)16(25)22-13-6-7-24(17(13)26)15-11(18)4-3-5-12(15)19;/h3-5,8-9,13-14,20H,6-7H2,1-2H3,(H,22,25);1H. The van der Waals surface area contributed by atoms with Crippen molar-refractivity contribution in [2.24, 2.45) is 7.05 Å². The minimum Gasteiger partial charge on any atom is -0.343 e. The SMILES string of the molecule is CNC(C(=O)NC1CCN(c2c(F)cccc2F)C1=O)c1cnn(C)c1.Cl. The highest BCUT2D eigenvalue weighted by molar-refractivity contribution is 6.02. The summed E-state index contributed by atoms with van der Waals surface area (Å²) in [6.45, 7) is 0.124. The van der Waals surface area contributed by atoms with Crippen molar-refractivity contribution in [2.45, 2.75) is 18.5 Å². The van der Waals surface area contributed by atoms with Crippen molar-refractivity contribution in [1.29, 1.82) is 0 Å². The Labute approximate surface area is 161 Å². The second-order valence-corrected chi connectivity index (χ2v) is 6.08. The molecule has 1 aliphatic rings. The molecule has 1 fully saturated rings. The molecular formula is C17H20ClF2N5O2. The lowest BCUT2D eigenvalue weighted by molar-refractivity contribution is -0.127. The molecule has 146 valence electrons. The van der Waals surface area contributed by atoms with Crippen molar-refractivity contribution < 1.29 is 18.4 Å². The van der Waals surface area contributed by atoms with Crippen LogP contribution in [0.5, 0.6) is 0 Å². The molecule has 1 saturated heterocycles. The van der Waals surface area contributed by atoms with Crippen LogP contribution in [0.4, 0.5) is 14.5 Å². The molecule has 2 amide bonds. The van der Waals surface area contributed by atoms with Crippen LogP contribution in [0.1, 0.15) is 18.0 Å². The molecule has 2 heterocycles. The number of hydrogen-bond donors (Lipinski definition) is 2. The number of carbonyl (C=O) groups is 2. The van der Waals surface area contributed by atoms with Crippen molar-refractivity contribution in [3.05, 3.63) is 47.8 Å². The lowest BCUT2D eigenvalue weighted by Gasteiger charge is -2.20. The van der Waals surface area contributed by atoms with Gasteiger partial charge in [0.1, 0.15) is 29.4 Å². The Morgan fingerprint density at radius 1 is 1.33 bits per heavy atom. The number of rotatable bonds is 5. The number of anilines is 1. The summed E-state index contributed by atoms with van der Waals surface area (Å²) in [6, 6.07) is 1.90. The molecule has 7 nitrogen and oxygen atoms in total. The molecule has 1 aromatic heterocycles. The molecule has 0 aliphatic carbocycles. The van der Waals surface area contributed by atoms with E-state index in [2.05, 4.69) is 15.7 Å². The van der Waals surface area contributed by atoms with E-state index in [-0.39, 0.29) is 31.1 Å². The maximum atomic E-state index is 13.9. The predicted octanol–water partition coefficient (Wildman–Crippen LogP) is 1.30. The molecule has 3 rings (SSSR count). The topological polar surface area (TPSA) is 79.3 Å². The number of nitrogens with zero attached hydrogens (tertiary/aromatic N) is 3. The monoisotopic (exact) mass is 399 g/mol. The first-order chi connectivity index (χ1) is 12.4. The second kappa shape index (κ2) is 8.45. The van der Waals surface area contributed by atoms with Crippen LogP contribution in [0.2, 0.25) is 0 Å². The van der Waals surface area contributed by atoms with E-state index in [4.69, 9.17) is 0 Å². The van der Waals surface area contributed by atoms with Crippen LogP contribution in [0.3, 0.4) is 0 Å². The molecule has 2 aromatic rings. The van der Waals surface area contributed by atoms with Crippen molar-refractivity contribution >= 4 is 29.9 Å². The molecule has 10 heteroatoms. The first-order valence-electron chi connectivity index (χ1n) is 8.14. The quantitative estimate of drug-likeness (QED) is 0.794. The molecule has 0 spiro atoms. The van der Waals surface area contributed by atoms with Crippen molar-refractivity contribution in [3.8, 4) is 0 Å². The summed E-state index contributed by atoms with van der Waals surface area (Å²) in [7, 11) is 3.35. The molecule has 1 aromatic carbocycles. The van der Waals surface area contributed by atoms with E-state index in [1.165, 1.54) is 6.07 Å². The van der Waals surface area contributed by atoms with Gasteiger partial charge in [0.15, 0.2) is 0 Å². The third-order valence-electron chi connectivity index (χ3n) is 4.34. The Balaban J connectivity index is 0.00000261. The molecule has 0 radical (unpaired) electrons. The van der Waals surface area contributed by atoms with Gasteiger partial charge in [-0.25, -0.2) is 8.78 Å². The molecule has 2 N–H and O–H groups in total. The number of para-hydroxylation sites is 1. The number of nitrogens with one attached hydrogen (secondary N) is 2. The van der Waals surface area contributed by atoms with Gasteiger partial charge in [-0.05, 0) is 25.6 Å². The lowest BCUT2D eigenvalue weighted by atomic mass is 10.1. The highest BCUT2D eigenvalue weighted by Gasteiger charge is 2.37. The molecule has 2 atom stereocenters. The Hall–Kier alpha value is -2.52. The first kappa shape index (κ1) is 20.8. The number of aromatic nitrogens is 2. The van der Waals surface area contributed by atoms with Gasteiger partial charge in [-0.15, -0.1) is 12.4 Å². The number of hydrogen-bond acceptors (Lipinski definition) is 4. The molecule has 27 heavy (non-hydrogen) atoms. The highest BCUT2D eigenvalue weighted by atomic mass is 35.5. The number of benzene rings is 1. The number of halogens is 3. The predicted molar refractivity (Wildman–Crippen MR) is 97.5 cm³/mol. The normalized spacial score (nSPS) is 17.6. The zero-order chi connectivity index (χ0) is 18.8. The van der Waals surface area contributed by atoms with Crippen LogP contribution in [0, 0.1) is 11.6 Å². The number of carbonyl (C=O) groups excluding carboxylic acids is 2. The van der Waals surface area contributed by atoms with Gasteiger partial charge >= 0.3 is 0 Å². The van der Waals surface area contributed by atoms with Gasteiger partial charge in [-0.2, -0.15) is 5.10 Å². The van der Waals surface area contributed by atoms with Crippen molar-refractivity contribution in [3.63, 3.8) is 0 Å². The Bertz CT molecular complexity index is 824. The summed E-state index contributed by atoms with van der Waals surface area (Å²) >= 11 is 0. The fraction of sp³-hybridized carbons (Fsp3) is 0.353. The maximum Gasteiger partial charge on any atom is 0.249 e. The van der Waals surface area contributed by atoms with E-state index in [1.807, 2.05) is 0 Å². The first-order valence-corrected chi connectivity index (χ1v) is 8.14. The number of amides is 2. The smallest absolute Gasteiger partial charge is 0.249 e. The summed E-state index contributed by atoms with van der Waals surface area (Å²) < 4.78 is 29.4. The van der Waals surface area contributed by atoms with E-state index in [9.17, 15) is 18.4 Å². The van der Waals surface area contributed by atoms with Crippen molar-refractivity contribution in [2.75, 3.05) is 18.5 Å². The third-order valence-corrected chi connectivity index (χ3v) is 4.34. The van der Waals surface area contributed by atoms with Gasteiger partial charge < -0.3 is 15.5 Å². The molecular weight excluding hydrogens is 380 g/mol. The Morgan fingerprint density at radius 3 is 2.56 bits per heavy atom. The van der Waals surface area contributed by atoms with Gasteiger partial charge in [-0.3, -0.25) is 14.3 Å². The van der Waals surface area contributed by atoms with E-state index >= 15 is 0 Å². The summed E-state index contributed by atoms with van der Waals surface area (Å²) in [5, 5.41) is 9.55. The van der Waals surface area contributed by atoms with Gasteiger partial charge in [0.2, 0.25) is 11.8 Å². The fourth-order valence-corrected chi connectivity index (χ4v) is 3.08. The molecule has 0 saturated carbocycles. The van der Waals surface area contributed by atoms with Crippen LogP contribution in [0.15, 0.2) is 30.6 Å². The number of likely N-dealkylation sites (N-methyl/N-ethyl adjacent to an activating group) is 1. The van der Waals surface area contributed by atoms with Gasteiger partial charge in [0.25, 0.3) is 0 Å². The highest BCUT2D eigenvalue weighted by Crippen LogP contribution is 2.27. The third kappa shape index (κ3) is 4.09. The minimum absolute atomic E-state index is 0. The molecule has 2 unspecified atom stereocenters. The van der Waals surface area contributed by atoms with Crippen molar-refractivity contribution in [1.82, 2.24) is 20.4 Å². The summed E-state index contributed by atoms with van der Waals surface area (Å²) in [5.74, 6) is -2.57. The second-order valence-electron chi connectivity index (χ2n) is 6.08. The Morgan fingerprint density at radius 2 is 2.00 bits per heavy atom. The fourth-order valence-electron chi connectivity index (χ4n) is 3.08.